The van der Waals surface area contributed by atoms with Crippen molar-refractivity contribution < 1.29 is 30.8 Å². The fourth-order valence-corrected chi connectivity index (χ4v) is 7.12. The highest BCUT2D eigenvalue weighted by Gasteiger charge is 2.31. The Morgan fingerprint density at radius 2 is 1.69 bits per heavy atom. The van der Waals surface area contributed by atoms with Gasteiger partial charge in [-0.3, -0.25) is 4.57 Å². The van der Waals surface area contributed by atoms with Crippen LogP contribution in [0, 0.1) is 17.5 Å². The summed E-state index contributed by atoms with van der Waals surface area (Å²) in [6, 6.07) is 11.5. The van der Waals surface area contributed by atoms with Gasteiger partial charge in [-0.25, -0.2) is 31.7 Å². The number of aromatic nitrogens is 2. The summed E-state index contributed by atoms with van der Waals surface area (Å²) in [7, 11) is 3.52. The molecule has 0 aliphatic rings. The van der Waals surface area contributed by atoms with Gasteiger partial charge >= 0.3 is 0 Å². The number of imidazole rings is 1. The molecule has 0 saturated carbocycles. The maximum absolute atomic E-state index is 15.2. The standard InChI is InChI=1S/C32H37ClF3N4O3S2/c1-32(2,21-9-12-29(24(33)16-21)45(37,41)42)30-18-38-31(39(30)22-10-11-25(34)28(17-22)43-6)44-19-23-26(35)14-20(15-27(23)36)8-7-13-40(3,4)5/h9-12,14-18H,7-8,13,19H2,1-6H3,(H2,37,41,42)/q+1. The Balaban J connectivity index is 1.73. The lowest BCUT2D eigenvalue weighted by Crippen LogP contribution is -2.35. The molecule has 3 aromatic carbocycles. The Hall–Kier alpha value is -3.03. The molecule has 45 heavy (non-hydrogen) atoms. The van der Waals surface area contributed by atoms with Crippen LogP contribution in [0.15, 0.2) is 64.8 Å². The lowest BCUT2D eigenvalue weighted by molar-refractivity contribution is -0.870. The molecule has 0 aliphatic heterocycles. The van der Waals surface area contributed by atoms with Crippen LogP contribution >= 0.6 is 23.4 Å². The summed E-state index contributed by atoms with van der Waals surface area (Å²) in [5, 5.41) is 5.64. The smallest absolute Gasteiger partial charge is 0.239 e. The van der Waals surface area contributed by atoms with E-state index in [1.807, 2.05) is 13.8 Å². The number of halogens is 4. The molecule has 0 aliphatic carbocycles. The molecule has 13 heteroatoms. The van der Waals surface area contributed by atoms with Crippen molar-refractivity contribution in [3.05, 3.63) is 99.6 Å². The van der Waals surface area contributed by atoms with Crippen molar-refractivity contribution in [2.45, 2.75) is 47.9 Å². The maximum atomic E-state index is 15.2. The number of primary sulfonamides is 1. The zero-order valence-electron chi connectivity index (χ0n) is 26.0. The molecule has 1 aromatic heterocycles. The van der Waals surface area contributed by atoms with Crippen molar-refractivity contribution in [1.82, 2.24) is 9.55 Å². The van der Waals surface area contributed by atoms with Crippen LogP contribution in [0.4, 0.5) is 13.2 Å². The number of quaternary nitrogens is 1. The molecule has 0 fully saturated rings. The van der Waals surface area contributed by atoms with Gasteiger partial charge in [0.1, 0.15) is 16.5 Å². The molecule has 0 radical (unpaired) electrons. The van der Waals surface area contributed by atoms with Gasteiger partial charge in [0.15, 0.2) is 16.7 Å². The molecule has 1 heterocycles. The van der Waals surface area contributed by atoms with E-state index in [9.17, 15) is 12.8 Å². The summed E-state index contributed by atoms with van der Waals surface area (Å²) < 4.78 is 76.4. The predicted octanol–water partition coefficient (Wildman–Crippen LogP) is 6.86. The Morgan fingerprint density at radius 3 is 2.27 bits per heavy atom. The summed E-state index contributed by atoms with van der Waals surface area (Å²) >= 11 is 7.44. The summed E-state index contributed by atoms with van der Waals surface area (Å²) in [5.41, 5.74) is 1.45. The zero-order chi connectivity index (χ0) is 33.3. The van der Waals surface area contributed by atoms with E-state index in [0.717, 1.165) is 29.2 Å². The zero-order valence-corrected chi connectivity index (χ0v) is 28.4. The number of nitrogens with two attached hydrogens (primary N) is 1. The van der Waals surface area contributed by atoms with E-state index in [1.165, 1.54) is 43.5 Å². The van der Waals surface area contributed by atoms with Crippen LogP contribution in [-0.4, -0.2) is 57.2 Å². The minimum Gasteiger partial charge on any atom is -0.494 e. The number of rotatable bonds is 12. The second kappa shape index (κ2) is 13.4. The van der Waals surface area contributed by atoms with Crippen molar-refractivity contribution in [3.8, 4) is 11.4 Å². The number of hydrogen-bond donors (Lipinski definition) is 1. The topological polar surface area (TPSA) is 87.2 Å². The van der Waals surface area contributed by atoms with Crippen LogP contribution in [-0.2, 0) is 27.6 Å². The summed E-state index contributed by atoms with van der Waals surface area (Å²) in [6.07, 6.45) is 2.97. The number of sulfonamides is 1. The van der Waals surface area contributed by atoms with Crippen LogP contribution in [0.1, 0.15) is 42.7 Å². The van der Waals surface area contributed by atoms with Gasteiger partial charge in [-0.05, 0) is 53.9 Å². The predicted molar refractivity (Wildman–Crippen MR) is 172 cm³/mol. The third-order valence-electron chi connectivity index (χ3n) is 7.56. The summed E-state index contributed by atoms with van der Waals surface area (Å²) in [4.78, 5) is 4.38. The number of hydrogen-bond acceptors (Lipinski definition) is 5. The number of ether oxygens (including phenoxy) is 1. The second-order valence-corrected chi connectivity index (χ2v) is 15.2. The molecule has 242 valence electrons. The largest absolute Gasteiger partial charge is 0.494 e. The maximum Gasteiger partial charge on any atom is 0.239 e. The van der Waals surface area contributed by atoms with Crippen molar-refractivity contribution in [2.24, 2.45) is 5.14 Å². The minimum absolute atomic E-state index is 0.000561. The number of aryl methyl sites for hydroxylation is 1. The lowest BCUT2D eigenvalue weighted by Gasteiger charge is -2.28. The monoisotopic (exact) mass is 681 g/mol. The molecule has 0 bridgehead atoms. The number of nitrogens with zero attached hydrogens (tertiary/aromatic N) is 3. The van der Waals surface area contributed by atoms with E-state index < -0.39 is 32.9 Å². The first kappa shape index (κ1) is 34.8. The van der Waals surface area contributed by atoms with Crippen molar-refractivity contribution in [3.63, 3.8) is 0 Å². The van der Waals surface area contributed by atoms with Gasteiger partial charge in [-0.1, -0.05) is 43.3 Å². The number of methoxy groups -OCH3 is 1. The van der Waals surface area contributed by atoms with E-state index in [1.54, 1.807) is 22.9 Å². The molecular weight excluding hydrogens is 645 g/mol. The molecule has 0 saturated heterocycles. The normalized spacial score (nSPS) is 12.5. The lowest BCUT2D eigenvalue weighted by atomic mass is 9.81. The van der Waals surface area contributed by atoms with Crippen LogP contribution < -0.4 is 9.88 Å². The SMILES string of the molecule is COc1cc(-n2c(C(C)(C)c3ccc(S(N)(=O)=O)c(Cl)c3)cnc2SCc2c(F)cc(CCC[N+](C)(C)C)cc2F)ccc1F. The van der Waals surface area contributed by atoms with Gasteiger partial charge in [-0.2, -0.15) is 0 Å². The third-order valence-corrected chi connectivity index (χ3v) is 9.94. The second-order valence-electron chi connectivity index (χ2n) is 12.3. The van der Waals surface area contributed by atoms with E-state index in [2.05, 4.69) is 26.1 Å². The average Bonchev–Trinajstić information content (AvgIpc) is 3.36. The fourth-order valence-electron chi connectivity index (χ4n) is 5.01. The Morgan fingerprint density at radius 1 is 1.02 bits per heavy atom. The Labute approximate surface area is 271 Å². The van der Waals surface area contributed by atoms with Crippen molar-refractivity contribution >= 4 is 33.4 Å². The van der Waals surface area contributed by atoms with E-state index in [-0.39, 0.29) is 27.0 Å². The molecule has 0 amide bonds. The molecule has 4 rings (SSSR count). The summed E-state index contributed by atoms with van der Waals surface area (Å²) in [5.74, 6) is -1.88. The molecule has 7 nitrogen and oxygen atoms in total. The van der Waals surface area contributed by atoms with Crippen LogP contribution in [0.5, 0.6) is 5.75 Å². The van der Waals surface area contributed by atoms with E-state index in [0.29, 0.717) is 34.1 Å². The van der Waals surface area contributed by atoms with Gasteiger partial charge in [0.05, 0.1) is 57.4 Å². The van der Waals surface area contributed by atoms with E-state index in [4.69, 9.17) is 21.5 Å². The number of thioether (sulfide) groups is 1. The van der Waals surface area contributed by atoms with Crippen LogP contribution in [0.25, 0.3) is 5.69 Å². The number of benzene rings is 3. The highest BCUT2D eigenvalue weighted by Crippen LogP contribution is 2.39. The fraction of sp³-hybridized carbons (Fsp3) is 0.344. The highest BCUT2D eigenvalue weighted by molar-refractivity contribution is 7.98. The molecule has 4 aromatic rings. The average molecular weight is 682 g/mol. The Kier molecular flexibility index (Phi) is 10.3. The van der Waals surface area contributed by atoms with Gasteiger partial charge < -0.3 is 9.22 Å². The molecule has 2 N–H and O–H groups in total. The molecule has 0 atom stereocenters. The first-order valence-corrected chi connectivity index (χ1v) is 17.0. The molecule has 0 spiro atoms. The third kappa shape index (κ3) is 8.04. The van der Waals surface area contributed by atoms with Crippen LogP contribution in [0.2, 0.25) is 5.02 Å². The first-order chi connectivity index (χ1) is 20.9. The van der Waals surface area contributed by atoms with Gasteiger partial charge in [-0.15, -0.1) is 0 Å². The quantitative estimate of drug-likeness (QED) is 0.131. The molecular formula is C32H37ClF3N4O3S2+. The first-order valence-electron chi connectivity index (χ1n) is 14.1. The molecule has 0 unspecified atom stereocenters. The van der Waals surface area contributed by atoms with Gasteiger partial charge in [0.25, 0.3) is 0 Å². The van der Waals surface area contributed by atoms with Crippen molar-refractivity contribution in [1.29, 1.82) is 0 Å². The van der Waals surface area contributed by atoms with Crippen LogP contribution in [0.3, 0.4) is 0 Å². The van der Waals surface area contributed by atoms with Gasteiger partial charge in [0.2, 0.25) is 10.0 Å². The van der Waals surface area contributed by atoms with Crippen molar-refractivity contribution in [2.75, 3.05) is 34.8 Å². The summed E-state index contributed by atoms with van der Waals surface area (Å²) in [6.45, 7) is 4.64. The van der Waals surface area contributed by atoms with E-state index >= 15 is 8.78 Å². The Bertz CT molecular complexity index is 1800. The minimum atomic E-state index is -4.04. The van der Waals surface area contributed by atoms with Gasteiger partial charge in [0, 0.05) is 29.2 Å². The highest BCUT2D eigenvalue weighted by atomic mass is 35.5.